The van der Waals surface area contributed by atoms with Gasteiger partial charge in [-0.15, -0.1) is 11.3 Å². The van der Waals surface area contributed by atoms with Crippen LogP contribution in [0.3, 0.4) is 0 Å². The van der Waals surface area contributed by atoms with Crippen LogP contribution in [-0.2, 0) is 0 Å². The summed E-state index contributed by atoms with van der Waals surface area (Å²) in [6.45, 7) is 2.11. The minimum Gasteiger partial charge on any atom is -0.481 e. The number of pyridine rings is 1. The number of hydrogen-bond donors (Lipinski definition) is 1. The van der Waals surface area contributed by atoms with Gasteiger partial charge in [0.25, 0.3) is 0 Å². The minimum atomic E-state index is 0.0903. The molecule has 0 bridgehead atoms. The fraction of sp³-hybridized carbons (Fsp3) is 0.267. The summed E-state index contributed by atoms with van der Waals surface area (Å²) in [5.74, 6) is 1.35. The molecule has 7 heteroatoms. The first kappa shape index (κ1) is 15.0. The Morgan fingerprint density at radius 1 is 1.32 bits per heavy atom. The summed E-state index contributed by atoms with van der Waals surface area (Å²) < 4.78 is 5.10. The molecule has 5 nitrogen and oxygen atoms in total. The molecule has 1 N–H and O–H groups in total. The first-order valence-corrected chi connectivity index (χ1v) is 8.12. The van der Waals surface area contributed by atoms with E-state index in [1.165, 1.54) is 11.3 Å². The highest BCUT2D eigenvalue weighted by Gasteiger charge is 2.15. The molecule has 0 spiro atoms. The second-order valence-electron chi connectivity index (χ2n) is 4.73. The molecule has 0 fully saturated rings. The van der Waals surface area contributed by atoms with Crippen LogP contribution >= 0.6 is 22.9 Å². The molecule has 0 saturated carbocycles. The number of halogens is 1. The lowest BCUT2D eigenvalue weighted by atomic mass is 10.1. The molecule has 1 atom stereocenters. The van der Waals surface area contributed by atoms with Crippen molar-refractivity contribution in [1.82, 2.24) is 15.0 Å². The lowest BCUT2D eigenvalue weighted by molar-refractivity contribution is 0.397. The molecular weight excluding hydrogens is 320 g/mol. The average Bonchev–Trinajstić information content (AvgIpc) is 2.95. The van der Waals surface area contributed by atoms with Crippen molar-refractivity contribution in [2.24, 2.45) is 0 Å². The van der Waals surface area contributed by atoms with Crippen molar-refractivity contribution < 1.29 is 4.74 Å². The first-order chi connectivity index (χ1) is 10.7. The molecule has 0 aromatic carbocycles. The predicted molar refractivity (Wildman–Crippen MR) is 89.9 cm³/mol. The van der Waals surface area contributed by atoms with Crippen molar-refractivity contribution in [2.75, 3.05) is 12.4 Å². The van der Waals surface area contributed by atoms with Crippen LogP contribution in [0.5, 0.6) is 5.88 Å². The molecule has 22 heavy (non-hydrogen) atoms. The smallest absolute Gasteiger partial charge is 0.212 e. The van der Waals surface area contributed by atoms with Crippen LogP contribution in [0, 0.1) is 0 Å². The van der Waals surface area contributed by atoms with E-state index in [1.54, 1.807) is 13.4 Å². The Morgan fingerprint density at radius 2 is 2.18 bits per heavy atom. The maximum atomic E-state index is 6.25. The number of nitrogens with one attached hydrogen (secondary N) is 1. The van der Waals surface area contributed by atoms with E-state index in [0.29, 0.717) is 10.9 Å². The van der Waals surface area contributed by atoms with E-state index < -0.39 is 0 Å². The van der Waals surface area contributed by atoms with Crippen molar-refractivity contribution in [3.05, 3.63) is 40.6 Å². The zero-order chi connectivity index (χ0) is 15.5. The summed E-state index contributed by atoms with van der Waals surface area (Å²) in [6.07, 6.45) is 4.26. The van der Waals surface area contributed by atoms with Gasteiger partial charge in [0.2, 0.25) is 5.88 Å². The Bertz CT molecular complexity index is 775. The molecule has 114 valence electrons. The first-order valence-electron chi connectivity index (χ1n) is 6.87. The van der Waals surface area contributed by atoms with Gasteiger partial charge < -0.3 is 10.1 Å². The topological polar surface area (TPSA) is 59.9 Å². The van der Waals surface area contributed by atoms with E-state index >= 15 is 0 Å². The van der Waals surface area contributed by atoms with Gasteiger partial charge in [0, 0.05) is 17.6 Å². The third kappa shape index (κ3) is 2.84. The van der Waals surface area contributed by atoms with Gasteiger partial charge in [0.05, 0.1) is 23.6 Å². The summed E-state index contributed by atoms with van der Waals surface area (Å²) in [4.78, 5) is 13.7. The predicted octanol–water partition coefficient (Wildman–Crippen LogP) is 4.31. The number of anilines is 1. The molecular formula is C15H15ClN4OS. The fourth-order valence-corrected chi connectivity index (χ4v) is 3.39. The van der Waals surface area contributed by atoms with Crippen molar-refractivity contribution in [1.29, 1.82) is 0 Å². The molecule has 0 aliphatic carbocycles. The van der Waals surface area contributed by atoms with Crippen LogP contribution in [0.2, 0.25) is 5.02 Å². The van der Waals surface area contributed by atoms with Gasteiger partial charge in [-0.3, -0.25) is 0 Å². The van der Waals surface area contributed by atoms with E-state index in [1.807, 2.05) is 23.7 Å². The van der Waals surface area contributed by atoms with E-state index in [9.17, 15) is 0 Å². The van der Waals surface area contributed by atoms with Crippen LogP contribution in [0.4, 0.5) is 5.82 Å². The molecule has 3 aromatic heterocycles. The zero-order valence-electron chi connectivity index (χ0n) is 12.2. The van der Waals surface area contributed by atoms with Crippen LogP contribution in [0.1, 0.15) is 24.9 Å². The SMILES string of the molecule is CCC(Nc1ncnc2scc(Cl)c12)c1ccc(OC)nc1. The van der Waals surface area contributed by atoms with Gasteiger partial charge in [-0.1, -0.05) is 24.6 Å². The Kier molecular flexibility index (Phi) is 4.40. The molecule has 0 amide bonds. The Labute approximate surface area is 137 Å². The molecule has 0 radical (unpaired) electrons. The highest BCUT2D eigenvalue weighted by Crippen LogP contribution is 2.34. The van der Waals surface area contributed by atoms with Crippen molar-refractivity contribution in [2.45, 2.75) is 19.4 Å². The van der Waals surface area contributed by atoms with Gasteiger partial charge in [0.1, 0.15) is 17.0 Å². The summed E-state index contributed by atoms with van der Waals surface area (Å²) in [5.41, 5.74) is 1.07. The van der Waals surface area contributed by atoms with Crippen molar-refractivity contribution in [3.8, 4) is 5.88 Å². The minimum absolute atomic E-state index is 0.0903. The largest absolute Gasteiger partial charge is 0.481 e. The van der Waals surface area contributed by atoms with E-state index in [0.717, 1.165) is 28.0 Å². The molecule has 0 saturated heterocycles. The lowest BCUT2D eigenvalue weighted by Gasteiger charge is -2.18. The Balaban J connectivity index is 1.92. The fourth-order valence-electron chi connectivity index (χ4n) is 2.25. The standard InChI is InChI=1S/C15H15ClN4OS/c1-3-11(9-4-5-12(21-2)17-6-9)20-14-13-10(16)7-22-15(13)19-8-18-14/h4-8,11H,3H2,1-2H3,(H,18,19,20). The number of ether oxygens (including phenoxy) is 1. The van der Waals surface area contributed by atoms with Gasteiger partial charge in [-0.05, 0) is 12.0 Å². The number of aromatic nitrogens is 3. The maximum Gasteiger partial charge on any atom is 0.212 e. The van der Waals surface area contributed by atoms with E-state index in [2.05, 4.69) is 27.2 Å². The summed E-state index contributed by atoms with van der Waals surface area (Å²) >= 11 is 7.76. The second kappa shape index (κ2) is 6.46. The van der Waals surface area contributed by atoms with Gasteiger partial charge in [-0.2, -0.15) is 0 Å². The highest BCUT2D eigenvalue weighted by molar-refractivity contribution is 7.17. The maximum absolute atomic E-state index is 6.25. The van der Waals surface area contributed by atoms with Gasteiger partial charge >= 0.3 is 0 Å². The molecule has 3 rings (SSSR count). The normalized spacial score (nSPS) is 12.3. The zero-order valence-corrected chi connectivity index (χ0v) is 13.8. The third-order valence-corrected chi connectivity index (χ3v) is 4.73. The highest BCUT2D eigenvalue weighted by atomic mass is 35.5. The number of hydrogen-bond acceptors (Lipinski definition) is 6. The number of nitrogens with zero attached hydrogens (tertiary/aromatic N) is 3. The van der Waals surface area contributed by atoms with Gasteiger partial charge in [-0.25, -0.2) is 15.0 Å². The van der Waals surface area contributed by atoms with Crippen LogP contribution < -0.4 is 10.1 Å². The van der Waals surface area contributed by atoms with Crippen molar-refractivity contribution >= 4 is 39.0 Å². The Hall–Kier alpha value is -1.92. The third-order valence-electron chi connectivity index (χ3n) is 3.42. The number of rotatable bonds is 5. The lowest BCUT2D eigenvalue weighted by Crippen LogP contribution is -2.11. The quantitative estimate of drug-likeness (QED) is 0.753. The van der Waals surface area contributed by atoms with E-state index in [-0.39, 0.29) is 6.04 Å². The van der Waals surface area contributed by atoms with Gasteiger partial charge in [0.15, 0.2) is 0 Å². The number of methoxy groups -OCH3 is 1. The second-order valence-corrected chi connectivity index (χ2v) is 5.99. The summed E-state index contributed by atoms with van der Waals surface area (Å²) in [6, 6.07) is 3.94. The number of fused-ring (bicyclic) bond motifs is 1. The van der Waals surface area contributed by atoms with Crippen LogP contribution in [0.15, 0.2) is 30.0 Å². The Morgan fingerprint density at radius 3 is 2.86 bits per heavy atom. The van der Waals surface area contributed by atoms with E-state index in [4.69, 9.17) is 16.3 Å². The molecule has 3 aromatic rings. The summed E-state index contributed by atoms with van der Waals surface area (Å²) in [5, 5.41) is 6.86. The average molecular weight is 335 g/mol. The molecule has 3 heterocycles. The number of thiophene rings is 1. The molecule has 0 aliphatic rings. The van der Waals surface area contributed by atoms with Crippen LogP contribution in [0.25, 0.3) is 10.2 Å². The molecule has 1 unspecified atom stereocenters. The van der Waals surface area contributed by atoms with Crippen LogP contribution in [-0.4, -0.2) is 22.1 Å². The monoisotopic (exact) mass is 334 g/mol. The van der Waals surface area contributed by atoms with Crippen molar-refractivity contribution in [3.63, 3.8) is 0 Å². The summed E-state index contributed by atoms with van der Waals surface area (Å²) in [7, 11) is 1.60. The molecule has 0 aliphatic heterocycles.